The summed E-state index contributed by atoms with van der Waals surface area (Å²) in [6.45, 7) is 0. The average Bonchev–Trinajstić information content (AvgIpc) is 2.30. The summed E-state index contributed by atoms with van der Waals surface area (Å²) in [6, 6.07) is 9.14. The predicted molar refractivity (Wildman–Crippen MR) is 62.0 cm³/mol. The van der Waals surface area contributed by atoms with E-state index in [1.807, 2.05) is 6.07 Å². The average molecular weight is 246 g/mol. The minimum atomic E-state index is -0.735. The van der Waals surface area contributed by atoms with Crippen LogP contribution in [0.15, 0.2) is 36.4 Å². The summed E-state index contributed by atoms with van der Waals surface area (Å²) in [5.41, 5.74) is 6.10. The number of nitrogens with zero attached hydrogens (tertiary/aromatic N) is 1. The van der Waals surface area contributed by atoms with Gasteiger partial charge in [-0.15, -0.1) is 0 Å². The van der Waals surface area contributed by atoms with Crippen molar-refractivity contribution in [2.24, 2.45) is 0 Å². The Labute approximate surface area is 102 Å². The van der Waals surface area contributed by atoms with E-state index in [4.69, 9.17) is 15.7 Å². The SMILES string of the molecule is N#Cc1cc(Oc2cc(F)cc(F)c2)ccc1N. The van der Waals surface area contributed by atoms with Gasteiger partial charge in [0, 0.05) is 30.0 Å². The molecule has 0 bridgehead atoms. The Morgan fingerprint density at radius 2 is 1.67 bits per heavy atom. The Bertz CT molecular complexity index is 615. The van der Waals surface area contributed by atoms with Gasteiger partial charge in [0.25, 0.3) is 0 Å². The second kappa shape index (κ2) is 4.72. The van der Waals surface area contributed by atoms with Crippen LogP contribution in [0.2, 0.25) is 0 Å². The fourth-order valence-electron chi connectivity index (χ4n) is 1.42. The van der Waals surface area contributed by atoms with Crippen molar-refractivity contribution < 1.29 is 13.5 Å². The van der Waals surface area contributed by atoms with Crippen LogP contribution in [0.3, 0.4) is 0 Å². The summed E-state index contributed by atoms with van der Waals surface area (Å²) in [5, 5.41) is 8.79. The maximum absolute atomic E-state index is 12.9. The molecule has 2 N–H and O–H groups in total. The van der Waals surface area contributed by atoms with Gasteiger partial charge in [0.05, 0.1) is 5.56 Å². The minimum Gasteiger partial charge on any atom is -0.457 e. The molecule has 0 saturated carbocycles. The third-order valence-corrected chi connectivity index (χ3v) is 2.22. The third-order valence-electron chi connectivity index (χ3n) is 2.22. The number of nitrogens with two attached hydrogens (primary N) is 1. The topological polar surface area (TPSA) is 59.0 Å². The molecule has 0 fully saturated rings. The zero-order chi connectivity index (χ0) is 13.1. The van der Waals surface area contributed by atoms with Crippen LogP contribution in [0, 0.1) is 23.0 Å². The molecular weight excluding hydrogens is 238 g/mol. The van der Waals surface area contributed by atoms with E-state index in [1.165, 1.54) is 18.2 Å². The molecule has 2 aromatic carbocycles. The monoisotopic (exact) mass is 246 g/mol. The number of hydrogen-bond donors (Lipinski definition) is 1. The van der Waals surface area contributed by atoms with Gasteiger partial charge in [-0.05, 0) is 12.1 Å². The Morgan fingerprint density at radius 1 is 1.00 bits per heavy atom. The summed E-state index contributed by atoms with van der Waals surface area (Å²) in [7, 11) is 0. The Morgan fingerprint density at radius 3 is 2.28 bits per heavy atom. The third kappa shape index (κ3) is 2.55. The van der Waals surface area contributed by atoms with Crippen LogP contribution in [-0.4, -0.2) is 0 Å². The smallest absolute Gasteiger partial charge is 0.133 e. The zero-order valence-electron chi connectivity index (χ0n) is 9.15. The number of benzene rings is 2. The molecule has 90 valence electrons. The highest BCUT2D eigenvalue weighted by atomic mass is 19.1. The number of rotatable bonds is 2. The molecule has 0 aliphatic rings. The Balaban J connectivity index is 2.31. The van der Waals surface area contributed by atoms with E-state index in [2.05, 4.69) is 0 Å². The first-order valence-electron chi connectivity index (χ1n) is 5.02. The van der Waals surface area contributed by atoms with E-state index in [0.717, 1.165) is 18.2 Å². The molecule has 0 atom stereocenters. The van der Waals surface area contributed by atoms with Crippen LogP contribution >= 0.6 is 0 Å². The van der Waals surface area contributed by atoms with Crippen LogP contribution in [0.1, 0.15) is 5.56 Å². The molecule has 0 saturated heterocycles. The largest absolute Gasteiger partial charge is 0.457 e. The lowest BCUT2D eigenvalue weighted by atomic mass is 10.2. The quantitative estimate of drug-likeness (QED) is 0.827. The summed E-state index contributed by atoms with van der Waals surface area (Å²) >= 11 is 0. The highest BCUT2D eigenvalue weighted by Crippen LogP contribution is 2.25. The zero-order valence-corrected chi connectivity index (χ0v) is 9.15. The lowest BCUT2D eigenvalue weighted by Gasteiger charge is -2.07. The van der Waals surface area contributed by atoms with Crippen LogP contribution < -0.4 is 10.5 Å². The van der Waals surface area contributed by atoms with Gasteiger partial charge in [0.1, 0.15) is 29.2 Å². The van der Waals surface area contributed by atoms with Gasteiger partial charge < -0.3 is 10.5 Å². The van der Waals surface area contributed by atoms with Crippen LogP contribution in [0.5, 0.6) is 11.5 Å². The minimum absolute atomic E-state index is 0.0150. The molecule has 0 heterocycles. The van der Waals surface area contributed by atoms with Crippen molar-refractivity contribution in [2.75, 3.05) is 5.73 Å². The van der Waals surface area contributed by atoms with Gasteiger partial charge in [-0.3, -0.25) is 0 Å². The summed E-state index contributed by atoms with van der Waals surface area (Å²) in [4.78, 5) is 0. The highest BCUT2D eigenvalue weighted by Gasteiger charge is 2.05. The number of halogens is 2. The van der Waals surface area contributed by atoms with Crippen molar-refractivity contribution in [3.63, 3.8) is 0 Å². The van der Waals surface area contributed by atoms with E-state index >= 15 is 0 Å². The standard InChI is InChI=1S/C13H8F2N2O/c14-9-4-10(15)6-12(5-9)18-11-1-2-13(17)8(3-11)7-16/h1-6H,17H2. The van der Waals surface area contributed by atoms with Gasteiger partial charge >= 0.3 is 0 Å². The van der Waals surface area contributed by atoms with Crippen LogP contribution in [-0.2, 0) is 0 Å². The lowest BCUT2D eigenvalue weighted by Crippen LogP contribution is -1.92. The highest BCUT2D eigenvalue weighted by molar-refractivity contribution is 5.57. The summed E-state index contributed by atoms with van der Waals surface area (Å²) in [5.74, 6) is -1.17. The summed E-state index contributed by atoms with van der Waals surface area (Å²) < 4.78 is 31.1. The first-order valence-corrected chi connectivity index (χ1v) is 5.02. The molecule has 0 spiro atoms. The van der Waals surface area contributed by atoms with Crippen molar-refractivity contribution in [3.05, 3.63) is 53.6 Å². The van der Waals surface area contributed by atoms with E-state index in [-0.39, 0.29) is 17.1 Å². The molecule has 0 aliphatic heterocycles. The van der Waals surface area contributed by atoms with Crippen molar-refractivity contribution >= 4 is 5.69 Å². The van der Waals surface area contributed by atoms with Gasteiger partial charge in [-0.1, -0.05) is 0 Å². The molecule has 0 aliphatic carbocycles. The molecule has 2 rings (SSSR count). The van der Waals surface area contributed by atoms with Gasteiger partial charge in [0.15, 0.2) is 0 Å². The number of ether oxygens (including phenoxy) is 1. The summed E-state index contributed by atoms with van der Waals surface area (Å²) in [6.07, 6.45) is 0. The predicted octanol–water partition coefficient (Wildman–Crippen LogP) is 3.21. The van der Waals surface area contributed by atoms with Gasteiger partial charge in [-0.2, -0.15) is 5.26 Å². The molecular formula is C13H8F2N2O. The molecule has 2 aromatic rings. The maximum atomic E-state index is 12.9. The van der Waals surface area contributed by atoms with E-state index < -0.39 is 11.6 Å². The number of hydrogen-bond acceptors (Lipinski definition) is 3. The number of nitriles is 1. The fraction of sp³-hybridized carbons (Fsp3) is 0. The second-order valence-electron chi connectivity index (χ2n) is 3.57. The molecule has 18 heavy (non-hydrogen) atoms. The first-order chi connectivity index (χ1) is 8.58. The molecule has 0 radical (unpaired) electrons. The van der Waals surface area contributed by atoms with Gasteiger partial charge in [0.2, 0.25) is 0 Å². The van der Waals surface area contributed by atoms with Gasteiger partial charge in [-0.25, -0.2) is 8.78 Å². The second-order valence-corrected chi connectivity index (χ2v) is 3.57. The van der Waals surface area contributed by atoms with Crippen molar-refractivity contribution in [1.29, 1.82) is 5.26 Å². The van der Waals surface area contributed by atoms with Crippen molar-refractivity contribution in [3.8, 4) is 17.6 Å². The Kier molecular flexibility index (Phi) is 3.11. The fourth-order valence-corrected chi connectivity index (χ4v) is 1.42. The molecule has 0 amide bonds. The van der Waals surface area contributed by atoms with Crippen molar-refractivity contribution in [2.45, 2.75) is 0 Å². The van der Waals surface area contributed by atoms with Crippen molar-refractivity contribution in [1.82, 2.24) is 0 Å². The number of nitrogen functional groups attached to an aromatic ring is 1. The molecule has 5 heteroatoms. The Hall–Kier alpha value is -2.61. The lowest BCUT2D eigenvalue weighted by molar-refractivity contribution is 0.468. The molecule has 0 aromatic heterocycles. The number of anilines is 1. The van der Waals surface area contributed by atoms with E-state index in [9.17, 15) is 8.78 Å². The maximum Gasteiger partial charge on any atom is 0.133 e. The molecule has 3 nitrogen and oxygen atoms in total. The first kappa shape index (κ1) is 11.9. The van der Waals surface area contributed by atoms with Crippen LogP contribution in [0.25, 0.3) is 0 Å². The van der Waals surface area contributed by atoms with E-state index in [0.29, 0.717) is 5.69 Å². The van der Waals surface area contributed by atoms with E-state index in [1.54, 1.807) is 0 Å². The normalized spacial score (nSPS) is 9.83. The van der Waals surface area contributed by atoms with Crippen LogP contribution in [0.4, 0.5) is 14.5 Å². The molecule has 0 unspecified atom stereocenters.